The van der Waals surface area contributed by atoms with Gasteiger partial charge in [-0.05, 0) is 30.9 Å². The second-order valence-corrected chi connectivity index (χ2v) is 4.78. The van der Waals surface area contributed by atoms with Crippen molar-refractivity contribution in [2.24, 2.45) is 5.92 Å². The van der Waals surface area contributed by atoms with Crippen LogP contribution in [0.5, 0.6) is 0 Å². The molecule has 1 atom stereocenters. The highest BCUT2D eigenvalue weighted by Gasteiger charge is 2.11. The van der Waals surface area contributed by atoms with E-state index in [4.69, 9.17) is 4.74 Å². The van der Waals surface area contributed by atoms with Crippen LogP contribution in [0.2, 0.25) is 0 Å². The topological polar surface area (TPSA) is 38.3 Å². The van der Waals surface area contributed by atoms with E-state index in [1.54, 1.807) is 7.05 Å². The number of nitrogens with one attached hydrogen (secondary N) is 1. The highest BCUT2D eigenvalue weighted by Crippen LogP contribution is 2.22. The first-order chi connectivity index (χ1) is 9.12. The van der Waals surface area contributed by atoms with Gasteiger partial charge in [0.15, 0.2) is 0 Å². The Morgan fingerprint density at radius 1 is 1.37 bits per heavy atom. The fourth-order valence-corrected chi connectivity index (χ4v) is 2.07. The fourth-order valence-electron chi connectivity index (χ4n) is 2.07. The van der Waals surface area contributed by atoms with E-state index < -0.39 is 0 Å². The van der Waals surface area contributed by atoms with Crippen molar-refractivity contribution >= 4 is 5.97 Å². The molecule has 1 unspecified atom stereocenters. The number of esters is 1. The Bertz CT molecular complexity index is 319. The third kappa shape index (κ3) is 7.04. The van der Waals surface area contributed by atoms with Crippen LogP contribution in [0.25, 0.3) is 0 Å². The summed E-state index contributed by atoms with van der Waals surface area (Å²) in [5.74, 6) is 0.376. The maximum Gasteiger partial charge on any atom is 0.354 e. The second kappa shape index (κ2) is 10.7. The van der Waals surface area contributed by atoms with Gasteiger partial charge in [0.2, 0.25) is 0 Å². The summed E-state index contributed by atoms with van der Waals surface area (Å²) in [4.78, 5) is 11.5. The number of hydrogen-bond donors (Lipinski definition) is 1. The third-order valence-electron chi connectivity index (χ3n) is 3.44. The lowest BCUT2D eigenvalue weighted by Crippen LogP contribution is -2.18. The minimum absolute atomic E-state index is 0.316. The van der Waals surface area contributed by atoms with Crippen LogP contribution in [0.1, 0.15) is 52.9 Å². The van der Waals surface area contributed by atoms with Gasteiger partial charge in [-0.3, -0.25) is 0 Å². The number of likely N-dealkylation sites (N-methyl/N-ethyl adjacent to an activating group) is 1. The molecule has 1 N–H and O–H groups in total. The summed E-state index contributed by atoms with van der Waals surface area (Å²) in [6.45, 7) is 6.47. The fraction of sp³-hybridized carbons (Fsp3) is 0.688. The summed E-state index contributed by atoms with van der Waals surface area (Å²) < 4.78 is 4.75. The van der Waals surface area contributed by atoms with E-state index in [2.05, 4.69) is 25.2 Å². The summed E-state index contributed by atoms with van der Waals surface area (Å²) in [5.41, 5.74) is 1.71. The third-order valence-corrected chi connectivity index (χ3v) is 3.44. The van der Waals surface area contributed by atoms with E-state index in [1.807, 2.05) is 13.0 Å². The molecule has 0 aliphatic heterocycles. The number of allylic oxidation sites excluding steroid dienone is 3. The molecule has 3 nitrogen and oxygen atoms in total. The predicted octanol–water partition coefficient (Wildman–Crippen LogP) is 3.82. The molecule has 0 aliphatic rings. The van der Waals surface area contributed by atoms with Gasteiger partial charge in [0.25, 0.3) is 0 Å². The smallest absolute Gasteiger partial charge is 0.354 e. The quantitative estimate of drug-likeness (QED) is 0.392. The number of hydrogen-bond acceptors (Lipinski definition) is 3. The largest absolute Gasteiger partial charge is 0.464 e. The van der Waals surface area contributed by atoms with Gasteiger partial charge in [-0.25, -0.2) is 4.79 Å². The number of carbonyl (C=O) groups excluding carboxylic acids is 1. The zero-order valence-electron chi connectivity index (χ0n) is 13.1. The highest BCUT2D eigenvalue weighted by molar-refractivity contribution is 5.88. The minimum Gasteiger partial charge on any atom is -0.464 e. The highest BCUT2D eigenvalue weighted by atomic mass is 16.5. The molecule has 0 fully saturated rings. The van der Waals surface area contributed by atoms with Crippen molar-refractivity contribution in [3.63, 3.8) is 0 Å². The molecule has 0 aliphatic carbocycles. The van der Waals surface area contributed by atoms with Crippen LogP contribution in [0.3, 0.4) is 0 Å². The number of carbonyl (C=O) groups is 1. The molecule has 0 aromatic heterocycles. The van der Waals surface area contributed by atoms with E-state index in [1.165, 1.54) is 38.4 Å². The average Bonchev–Trinajstić information content (AvgIpc) is 2.45. The molecule has 0 rings (SSSR count). The zero-order chi connectivity index (χ0) is 14.7. The summed E-state index contributed by atoms with van der Waals surface area (Å²) in [6, 6.07) is 0. The molecule has 0 spiro atoms. The monoisotopic (exact) mass is 267 g/mol. The van der Waals surface area contributed by atoms with Gasteiger partial charge in [0.1, 0.15) is 5.70 Å². The minimum atomic E-state index is -0.316. The number of rotatable bonds is 9. The normalized spacial score (nSPS) is 14.2. The van der Waals surface area contributed by atoms with E-state index in [9.17, 15) is 4.79 Å². The molecule has 3 heteroatoms. The van der Waals surface area contributed by atoms with Crippen LogP contribution in [0, 0.1) is 5.92 Å². The lowest BCUT2D eigenvalue weighted by atomic mass is 9.91. The summed E-state index contributed by atoms with van der Waals surface area (Å²) in [7, 11) is 3.14. The van der Waals surface area contributed by atoms with Crippen molar-refractivity contribution in [3.8, 4) is 0 Å². The van der Waals surface area contributed by atoms with Crippen LogP contribution in [0.4, 0.5) is 0 Å². The summed E-state index contributed by atoms with van der Waals surface area (Å²) in [6.07, 6.45) is 9.95. The molecule has 0 aromatic carbocycles. The molecule has 19 heavy (non-hydrogen) atoms. The van der Waals surface area contributed by atoms with Crippen LogP contribution >= 0.6 is 0 Å². The van der Waals surface area contributed by atoms with E-state index in [0.29, 0.717) is 11.6 Å². The zero-order valence-corrected chi connectivity index (χ0v) is 13.1. The number of unbranched alkanes of at least 4 members (excludes halogenated alkanes) is 1. The SMILES string of the molecule is C/C=C(\C=C(/NC)C(=O)OC)CC(CC)CCCC. The van der Waals surface area contributed by atoms with Gasteiger partial charge < -0.3 is 10.1 Å². The number of methoxy groups -OCH3 is 1. The Morgan fingerprint density at radius 2 is 2.05 bits per heavy atom. The molecule has 0 radical (unpaired) electrons. The lowest BCUT2D eigenvalue weighted by Gasteiger charge is -2.15. The predicted molar refractivity (Wildman–Crippen MR) is 80.8 cm³/mol. The summed E-state index contributed by atoms with van der Waals surface area (Å²) in [5, 5.41) is 2.90. The average molecular weight is 267 g/mol. The first-order valence-electron chi connectivity index (χ1n) is 7.25. The molecule has 0 saturated heterocycles. The van der Waals surface area contributed by atoms with Crippen LogP contribution in [0.15, 0.2) is 23.4 Å². The molecule has 0 saturated carbocycles. The first kappa shape index (κ1) is 17.8. The maximum atomic E-state index is 11.5. The van der Waals surface area contributed by atoms with Crippen LogP contribution in [-0.4, -0.2) is 20.1 Å². The number of ether oxygens (including phenoxy) is 1. The summed E-state index contributed by atoms with van der Waals surface area (Å²) >= 11 is 0. The Kier molecular flexibility index (Phi) is 9.95. The van der Waals surface area contributed by atoms with Gasteiger partial charge in [0.05, 0.1) is 7.11 Å². The Hall–Kier alpha value is -1.25. The van der Waals surface area contributed by atoms with E-state index in [-0.39, 0.29) is 5.97 Å². The molecule has 0 bridgehead atoms. The van der Waals surface area contributed by atoms with Gasteiger partial charge >= 0.3 is 5.97 Å². The van der Waals surface area contributed by atoms with Crippen LogP contribution < -0.4 is 5.32 Å². The molecular weight excluding hydrogens is 238 g/mol. The van der Waals surface area contributed by atoms with Crippen molar-refractivity contribution < 1.29 is 9.53 Å². The van der Waals surface area contributed by atoms with Gasteiger partial charge in [-0.1, -0.05) is 45.6 Å². The van der Waals surface area contributed by atoms with Gasteiger partial charge in [-0.15, -0.1) is 0 Å². The van der Waals surface area contributed by atoms with Crippen LogP contribution in [-0.2, 0) is 9.53 Å². The maximum absolute atomic E-state index is 11.5. The molecular formula is C16H29NO2. The van der Waals surface area contributed by atoms with Crippen molar-refractivity contribution in [2.75, 3.05) is 14.2 Å². The van der Waals surface area contributed by atoms with Gasteiger partial charge in [-0.2, -0.15) is 0 Å². The molecule has 0 heterocycles. The van der Waals surface area contributed by atoms with E-state index in [0.717, 1.165) is 6.42 Å². The lowest BCUT2D eigenvalue weighted by molar-refractivity contribution is -0.136. The van der Waals surface area contributed by atoms with Crippen molar-refractivity contribution in [3.05, 3.63) is 23.4 Å². The molecule has 0 aromatic rings. The van der Waals surface area contributed by atoms with Crippen molar-refractivity contribution in [1.29, 1.82) is 0 Å². The van der Waals surface area contributed by atoms with Crippen molar-refractivity contribution in [1.82, 2.24) is 5.32 Å². The Morgan fingerprint density at radius 3 is 2.47 bits per heavy atom. The Balaban J connectivity index is 4.73. The Labute approximate surface area is 118 Å². The van der Waals surface area contributed by atoms with E-state index >= 15 is 0 Å². The first-order valence-corrected chi connectivity index (χ1v) is 7.25. The molecule has 0 amide bonds. The second-order valence-electron chi connectivity index (χ2n) is 4.78. The standard InChI is InChI=1S/C16H29NO2/c1-6-9-10-13(7-2)11-14(8-3)12-15(17-4)16(18)19-5/h8,12-13,17H,6-7,9-11H2,1-5H3/b14-8-,15-12-. The van der Waals surface area contributed by atoms with Gasteiger partial charge in [0, 0.05) is 7.05 Å². The molecule has 110 valence electrons. The van der Waals surface area contributed by atoms with Crippen molar-refractivity contribution in [2.45, 2.75) is 52.9 Å².